The zero-order valence-electron chi connectivity index (χ0n) is 17.0. The molecule has 164 valence electrons. The Labute approximate surface area is 177 Å². The molecule has 1 saturated heterocycles. The molecule has 0 unspecified atom stereocenters. The predicted octanol–water partition coefficient (Wildman–Crippen LogP) is 4.17. The van der Waals surface area contributed by atoms with Gasteiger partial charge < -0.3 is 16.0 Å². The summed E-state index contributed by atoms with van der Waals surface area (Å²) in [5.74, 6) is 0.209. The molecular formula is C22H23F3N4O2. The summed E-state index contributed by atoms with van der Waals surface area (Å²) in [6, 6.07) is 9.07. The minimum atomic E-state index is -4.61. The molecule has 0 bridgehead atoms. The molecule has 2 aromatic carbocycles. The Morgan fingerprint density at radius 1 is 1.10 bits per heavy atom. The quantitative estimate of drug-likeness (QED) is 0.531. The van der Waals surface area contributed by atoms with Gasteiger partial charge in [-0.05, 0) is 41.5 Å². The Morgan fingerprint density at radius 3 is 2.32 bits per heavy atom. The number of anilines is 2. The third-order valence-corrected chi connectivity index (χ3v) is 5.70. The van der Waals surface area contributed by atoms with E-state index in [-0.39, 0.29) is 30.2 Å². The monoisotopic (exact) mass is 432 g/mol. The number of nitrogens with two attached hydrogens (primary N) is 1. The Morgan fingerprint density at radius 2 is 1.77 bits per heavy atom. The van der Waals surface area contributed by atoms with E-state index >= 15 is 0 Å². The smallest absolute Gasteiger partial charge is 0.397 e. The number of alkyl halides is 3. The Kier molecular flexibility index (Phi) is 5.28. The summed E-state index contributed by atoms with van der Waals surface area (Å²) in [6.45, 7) is 0.803. The molecular weight excluding hydrogens is 409 g/mol. The molecule has 3 amide bonds. The Balaban J connectivity index is 1.59. The molecule has 6 nitrogen and oxygen atoms in total. The molecule has 4 rings (SSSR count). The van der Waals surface area contributed by atoms with Gasteiger partial charge in [0, 0.05) is 20.1 Å². The first kappa shape index (κ1) is 21.0. The van der Waals surface area contributed by atoms with E-state index in [1.54, 1.807) is 30.3 Å². The van der Waals surface area contributed by atoms with Crippen LogP contribution >= 0.6 is 0 Å². The van der Waals surface area contributed by atoms with Gasteiger partial charge >= 0.3 is 12.2 Å². The standard InChI is InChI=1S/C22H23F3N4O2/c1-28-18(30)12-29(21(28)31)11-14-4-6-15(7-5-14)16-8-9-17(27-10-13-2-3-13)20(26)19(16)22(23,24)25/h4-9,13,27H,2-3,10-12,26H2,1H3. The van der Waals surface area contributed by atoms with Crippen LogP contribution in [0.25, 0.3) is 11.1 Å². The summed E-state index contributed by atoms with van der Waals surface area (Å²) >= 11 is 0. The molecule has 2 aliphatic rings. The summed E-state index contributed by atoms with van der Waals surface area (Å²) in [5, 5.41) is 3.03. The molecule has 0 aromatic heterocycles. The minimum absolute atomic E-state index is 0.000631. The van der Waals surface area contributed by atoms with Crippen LogP contribution in [0.3, 0.4) is 0 Å². The molecule has 9 heteroatoms. The second-order valence-electron chi connectivity index (χ2n) is 8.06. The lowest BCUT2D eigenvalue weighted by Gasteiger charge is -2.20. The molecule has 0 spiro atoms. The van der Waals surface area contributed by atoms with Gasteiger partial charge in [-0.1, -0.05) is 30.3 Å². The molecule has 0 atom stereocenters. The number of amides is 3. The largest absolute Gasteiger partial charge is 0.419 e. The molecule has 0 radical (unpaired) electrons. The Hall–Kier alpha value is -3.23. The van der Waals surface area contributed by atoms with Gasteiger partial charge in [0.15, 0.2) is 0 Å². The molecule has 1 saturated carbocycles. The van der Waals surface area contributed by atoms with E-state index in [9.17, 15) is 22.8 Å². The van der Waals surface area contributed by atoms with Gasteiger partial charge in [0.2, 0.25) is 5.91 Å². The van der Waals surface area contributed by atoms with Gasteiger partial charge in [0.25, 0.3) is 0 Å². The van der Waals surface area contributed by atoms with E-state index in [0.717, 1.165) is 17.7 Å². The number of carbonyl (C=O) groups is 2. The van der Waals surface area contributed by atoms with Gasteiger partial charge in [-0.25, -0.2) is 4.79 Å². The molecule has 31 heavy (non-hydrogen) atoms. The van der Waals surface area contributed by atoms with Crippen LogP contribution in [-0.2, 0) is 17.5 Å². The normalized spacial score (nSPS) is 16.9. The fourth-order valence-electron chi connectivity index (χ4n) is 3.69. The number of benzene rings is 2. The van der Waals surface area contributed by atoms with E-state index in [4.69, 9.17) is 5.73 Å². The first-order chi connectivity index (χ1) is 14.6. The van der Waals surface area contributed by atoms with Crippen LogP contribution in [0.4, 0.5) is 29.3 Å². The number of imide groups is 1. The number of halogens is 3. The van der Waals surface area contributed by atoms with Crippen LogP contribution in [-0.4, -0.2) is 41.9 Å². The highest BCUT2D eigenvalue weighted by Crippen LogP contribution is 2.44. The van der Waals surface area contributed by atoms with Crippen LogP contribution in [0.5, 0.6) is 0 Å². The Bertz CT molecular complexity index is 1020. The van der Waals surface area contributed by atoms with Crippen molar-refractivity contribution in [1.82, 2.24) is 9.80 Å². The van der Waals surface area contributed by atoms with Gasteiger partial charge in [0.1, 0.15) is 6.54 Å². The third-order valence-electron chi connectivity index (χ3n) is 5.70. The lowest BCUT2D eigenvalue weighted by molar-refractivity contribution is -0.136. The van der Waals surface area contributed by atoms with E-state index in [0.29, 0.717) is 29.3 Å². The van der Waals surface area contributed by atoms with Crippen LogP contribution < -0.4 is 11.1 Å². The fourth-order valence-corrected chi connectivity index (χ4v) is 3.69. The summed E-state index contributed by atoms with van der Waals surface area (Å²) in [7, 11) is 1.42. The second kappa shape index (κ2) is 7.79. The van der Waals surface area contributed by atoms with Crippen molar-refractivity contribution in [1.29, 1.82) is 0 Å². The van der Waals surface area contributed by atoms with Crippen LogP contribution in [0, 0.1) is 5.92 Å². The number of hydrogen-bond donors (Lipinski definition) is 2. The second-order valence-corrected chi connectivity index (χ2v) is 8.06. The zero-order chi connectivity index (χ0) is 22.3. The highest BCUT2D eigenvalue weighted by molar-refractivity contribution is 6.01. The van der Waals surface area contributed by atoms with Crippen LogP contribution in [0.15, 0.2) is 36.4 Å². The van der Waals surface area contributed by atoms with Gasteiger partial charge in [-0.3, -0.25) is 9.69 Å². The molecule has 2 fully saturated rings. The molecule has 1 aliphatic carbocycles. The van der Waals surface area contributed by atoms with Gasteiger partial charge in [0.05, 0.1) is 16.9 Å². The van der Waals surface area contributed by atoms with E-state index in [1.165, 1.54) is 18.0 Å². The van der Waals surface area contributed by atoms with E-state index in [2.05, 4.69) is 5.32 Å². The SMILES string of the molecule is CN1C(=O)CN(Cc2ccc(-c3ccc(NCC4CC4)c(N)c3C(F)(F)F)cc2)C1=O. The first-order valence-electron chi connectivity index (χ1n) is 10.0. The molecule has 1 aliphatic heterocycles. The number of rotatable bonds is 6. The zero-order valence-corrected chi connectivity index (χ0v) is 17.0. The highest BCUT2D eigenvalue weighted by Gasteiger charge is 2.37. The minimum Gasteiger partial charge on any atom is -0.397 e. The topological polar surface area (TPSA) is 78.7 Å². The first-order valence-corrected chi connectivity index (χ1v) is 10.0. The number of urea groups is 1. The number of nitrogens with one attached hydrogen (secondary N) is 1. The van der Waals surface area contributed by atoms with Crippen molar-refractivity contribution in [2.75, 3.05) is 31.2 Å². The lowest BCUT2D eigenvalue weighted by atomic mass is 9.96. The lowest BCUT2D eigenvalue weighted by Crippen LogP contribution is -2.29. The number of nitrogen functional groups attached to an aromatic ring is 1. The number of nitrogens with zero attached hydrogens (tertiary/aromatic N) is 2. The summed E-state index contributed by atoms with van der Waals surface area (Å²) < 4.78 is 41.6. The van der Waals surface area contributed by atoms with E-state index < -0.39 is 17.8 Å². The van der Waals surface area contributed by atoms with Crippen molar-refractivity contribution in [3.63, 3.8) is 0 Å². The van der Waals surface area contributed by atoms with Crippen molar-refractivity contribution in [2.24, 2.45) is 5.92 Å². The number of likely N-dealkylation sites (N-methyl/N-ethyl adjacent to an activating group) is 1. The summed E-state index contributed by atoms with van der Waals surface area (Å²) in [4.78, 5) is 26.1. The maximum absolute atomic E-state index is 13.9. The molecule has 2 aromatic rings. The summed E-state index contributed by atoms with van der Waals surface area (Å²) in [6.07, 6.45) is -2.45. The fraction of sp³-hybridized carbons (Fsp3) is 0.364. The number of hydrogen-bond acceptors (Lipinski definition) is 4. The summed E-state index contributed by atoms with van der Waals surface area (Å²) in [5.41, 5.74) is 6.14. The third kappa shape index (κ3) is 4.30. The van der Waals surface area contributed by atoms with Crippen LogP contribution in [0.1, 0.15) is 24.0 Å². The maximum atomic E-state index is 13.9. The molecule has 3 N–H and O–H groups in total. The average Bonchev–Trinajstić information content (AvgIpc) is 3.51. The maximum Gasteiger partial charge on any atom is 0.419 e. The average molecular weight is 432 g/mol. The number of carbonyl (C=O) groups excluding carboxylic acids is 2. The molecule has 1 heterocycles. The van der Waals surface area contributed by atoms with Crippen molar-refractivity contribution >= 4 is 23.3 Å². The van der Waals surface area contributed by atoms with Crippen molar-refractivity contribution in [2.45, 2.75) is 25.6 Å². The van der Waals surface area contributed by atoms with Crippen molar-refractivity contribution in [3.05, 3.63) is 47.5 Å². The highest BCUT2D eigenvalue weighted by atomic mass is 19.4. The predicted molar refractivity (Wildman–Crippen MR) is 111 cm³/mol. The van der Waals surface area contributed by atoms with Crippen molar-refractivity contribution in [3.8, 4) is 11.1 Å². The van der Waals surface area contributed by atoms with Gasteiger partial charge in [-0.15, -0.1) is 0 Å². The van der Waals surface area contributed by atoms with Crippen molar-refractivity contribution < 1.29 is 22.8 Å². The van der Waals surface area contributed by atoms with E-state index in [1.807, 2.05) is 0 Å². The van der Waals surface area contributed by atoms with Gasteiger partial charge in [-0.2, -0.15) is 13.2 Å². The van der Waals surface area contributed by atoms with Crippen LogP contribution in [0.2, 0.25) is 0 Å².